The number of allylic oxidation sites excluding steroid dienone is 8. The van der Waals surface area contributed by atoms with E-state index in [0.29, 0.717) is 12.8 Å². The second kappa shape index (κ2) is 48.3. The Labute approximate surface area is 439 Å². The Morgan fingerprint density at radius 3 is 1.31 bits per heavy atom. The van der Waals surface area contributed by atoms with Crippen molar-refractivity contribution in [3.8, 4) is 0 Å². The minimum Gasteiger partial charge on any atom is -0.462 e. The molecule has 1 aliphatic rings. The first-order valence-corrected chi connectivity index (χ1v) is 30.8. The Bertz CT molecular complexity index is 1500. The number of hydrogen-bond acceptors (Lipinski definition) is 11. The topological polar surface area (TPSA) is 186 Å². The Morgan fingerprint density at radius 1 is 0.486 bits per heavy atom. The molecule has 0 aromatic rings. The van der Waals surface area contributed by atoms with E-state index in [-0.39, 0.29) is 19.4 Å². The van der Waals surface area contributed by atoms with Gasteiger partial charge in [0.05, 0.1) is 6.61 Å². The van der Waals surface area contributed by atoms with Crippen molar-refractivity contribution in [2.24, 2.45) is 0 Å². The molecule has 6 unspecified atom stereocenters. The average Bonchev–Trinajstić information content (AvgIpc) is 3.35. The number of aliphatic hydroxyl groups excluding tert-OH is 3. The molecule has 0 spiro atoms. The molecule has 1 fully saturated rings. The van der Waals surface area contributed by atoms with E-state index in [9.17, 15) is 37.9 Å². The summed E-state index contributed by atoms with van der Waals surface area (Å²) < 4.78 is 54.4. The fourth-order valence-electron chi connectivity index (χ4n) is 8.97. The lowest BCUT2D eigenvalue weighted by Crippen LogP contribution is -2.60. The number of carbonyl (C=O) groups excluding carboxylic acids is 2. The predicted molar refractivity (Wildman–Crippen MR) is 293 cm³/mol. The number of hydrogen-bond donors (Lipinski definition) is 4. The first kappa shape index (κ1) is 67.6. The van der Waals surface area contributed by atoms with Crippen molar-refractivity contribution >= 4 is 22.1 Å². The van der Waals surface area contributed by atoms with Crippen molar-refractivity contribution in [1.29, 1.82) is 0 Å². The van der Waals surface area contributed by atoms with Crippen molar-refractivity contribution in [2.45, 2.75) is 295 Å². The third-order valence-corrected chi connectivity index (χ3v) is 14.2. The van der Waals surface area contributed by atoms with E-state index < -0.39 is 71.2 Å². The van der Waals surface area contributed by atoms with Crippen LogP contribution in [0.3, 0.4) is 0 Å². The van der Waals surface area contributed by atoms with Gasteiger partial charge < -0.3 is 34.3 Å². The first-order valence-electron chi connectivity index (χ1n) is 29.2. The zero-order valence-electron chi connectivity index (χ0n) is 45.5. The van der Waals surface area contributed by atoms with Crippen LogP contribution in [0, 0.1) is 0 Å². The quantitative estimate of drug-likeness (QED) is 0.0196. The summed E-state index contributed by atoms with van der Waals surface area (Å²) in [6.07, 6.45) is 51.5. The van der Waals surface area contributed by atoms with Gasteiger partial charge in [-0.15, -0.1) is 0 Å². The van der Waals surface area contributed by atoms with Gasteiger partial charge in [-0.2, -0.15) is 8.42 Å². The third-order valence-electron chi connectivity index (χ3n) is 13.4. The summed E-state index contributed by atoms with van der Waals surface area (Å²) in [4.78, 5) is 25.6. The molecule has 6 atom stereocenters. The van der Waals surface area contributed by atoms with E-state index in [1.807, 2.05) is 0 Å². The average molecular weight is 1040 g/mol. The molecule has 0 amide bonds. The van der Waals surface area contributed by atoms with E-state index >= 15 is 0 Å². The Hall–Kier alpha value is -2.39. The highest BCUT2D eigenvalue weighted by molar-refractivity contribution is 7.85. The molecule has 1 rings (SSSR count). The van der Waals surface area contributed by atoms with Crippen molar-refractivity contribution in [3.05, 3.63) is 48.6 Å². The largest absolute Gasteiger partial charge is 0.462 e. The number of esters is 2. The molecule has 13 heteroatoms. The minimum absolute atomic E-state index is 0.155. The summed E-state index contributed by atoms with van der Waals surface area (Å²) in [5, 5.41) is 31.1. The molecule has 1 aliphatic heterocycles. The monoisotopic (exact) mass is 1040 g/mol. The van der Waals surface area contributed by atoms with E-state index in [1.165, 1.54) is 141 Å². The van der Waals surface area contributed by atoms with Gasteiger partial charge >= 0.3 is 11.9 Å². The second-order valence-electron chi connectivity index (χ2n) is 20.3. The molecule has 4 N–H and O–H groups in total. The van der Waals surface area contributed by atoms with Gasteiger partial charge in [-0.25, -0.2) is 0 Å². The van der Waals surface area contributed by atoms with Crippen LogP contribution in [0.5, 0.6) is 0 Å². The zero-order chi connectivity index (χ0) is 52.6. The number of aliphatic hydroxyl groups is 3. The second-order valence-corrected chi connectivity index (χ2v) is 21.8. The van der Waals surface area contributed by atoms with Gasteiger partial charge in [0.1, 0.15) is 36.8 Å². The lowest BCUT2D eigenvalue weighted by Gasteiger charge is -2.40. The highest BCUT2D eigenvalue weighted by atomic mass is 32.2. The molecule has 0 radical (unpaired) electrons. The van der Waals surface area contributed by atoms with Crippen molar-refractivity contribution in [1.82, 2.24) is 0 Å². The predicted octanol–water partition coefficient (Wildman–Crippen LogP) is 14.2. The maximum atomic E-state index is 12.9. The van der Waals surface area contributed by atoms with Crippen LogP contribution in [0.4, 0.5) is 0 Å². The Balaban J connectivity index is 2.30. The van der Waals surface area contributed by atoms with Crippen LogP contribution in [0.2, 0.25) is 0 Å². The summed E-state index contributed by atoms with van der Waals surface area (Å²) in [5.74, 6) is -1.98. The lowest BCUT2D eigenvalue weighted by molar-refractivity contribution is -0.297. The Kier molecular flexibility index (Phi) is 45.3. The van der Waals surface area contributed by atoms with Crippen LogP contribution in [0.1, 0.15) is 258 Å². The van der Waals surface area contributed by atoms with Crippen molar-refractivity contribution in [3.63, 3.8) is 0 Å². The van der Waals surface area contributed by atoms with Crippen LogP contribution in [0.15, 0.2) is 48.6 Å². The molecule has 0 bridgehead atoms. The Morgan fingerprint density at radius 2 is 0.875 bits per heavy atom. The summed E-state index contributed by atoms with van der Waals surface area (Å²) in [6, 6.07) is 0. The number of rotatable bonds is 50. The van der Waals surface area contributed by atoms with Gasteiger partial charge in [-0.1, -0.05) is 242 Å². The maximum Gasteiger partial charge on any atom is 0.306 e. The van der Waals surface area contributed by atoms with Crippen molar-refractivity contribution < 1.29 is 56.8 Å². The van der Waals surface area contributed by atoms with Crippen LogP contribution in [-0.2, 0) is 38.7 Å². The van der Waals surface area contributed by atoms with E-state index in [1.54, 1.807) is 0 Å². The van der Waals surface area contributed by atoms with Crippen molar-refractivity contribution in [2.75, 3.05) is 19.0 Å². The molecule has 0 aromatic carbocycles. The zero-order valence-corrected chi connectivity index (χ0v) is 46.4. The van der Waals surface area contributed by atoms with E-state index in [2.05, 4.69) is 62.5 Å². The number of ether oxygens (including phenoxy) is 4. The summed E-state index contributed by atoms with van der Waals surface area (Å²) in [6.45, 7) is 3.70. The molecule has 420 valence electrons. The molecule has 0 aliphatic carbocycles. The van der Waals surface area contributed by atoms with Gasteiger partial charge in [0.25, 0.3) is 10.1 Å². The molecule has 0 aromatic heterocycles. The molecule has 12 nitrogen and oxygen atoms in total. The van der Waals surface area contributed by atoms with Crippen LogP contribution >= 0.6 is 0 Å². The molecule has 0 saturated carbocycles. The smallest absolute Gasteiger partial charge is 0.306 e. The highest BCUT2D eigenvalue weighted by Crippen LogP contribution is 2.24. The SMILES string of the molecule is CC/C=C\C/C=C\C/C=C\C/C=C\CCCCCCCCCCC(=O)OC(COC(=O)CCCCCCCCCCCCCCCCCCCCCCCCC)COC1OC(CS(=O)(=O)O)C(O)C(O)C1O. The van der Waals surface area contributed by atoms with Gasteiger partial charge in [-0.3, -0.25) is 14.1 Å². The summed E-state index contributed by atoms with van der Waals surface area (Å²) in [5.41, 5.74) is 0. The standard InChI is InChI=1S/C59H106O12S/c1-3-5-7-9-11-13-15-17-19-21-23-25-26-28-29-31-33-35-37-39-41-43-45-47-54(60)68-49-52(50-69-59-58(64)57(63)56(62)53(71-59)51-72(65,66)67)70-55(61)48-46-44-42-40-38-36-34-32-30-27-24-22-20-18-16-14-12-10-8-6-4-2/h6,8,12,14,18,20,24,27,52-53,56-59,62-64H,3-5,7,9-11,13,15-17,19,21-23,25-26,28-51H2,1-2H3,(H,65,66,67)/b8-6-,14-12-,20-18-,27-24-. The van der Waals surface area contributed by atoms with Crippen LogP contribution in [0.25, 0.3) is 0 Å². The van der Waals surface area contributed by atoms with Gasteiger partial charge in [0, 0.05) is 12.8 Å². The number of carbonyl (C=O) groups is 2. The highest BCUT2D eigenvalue weighted by Gasteiger charge is 2.46. The normalized spacial score (nSPS) is 19.1. The van der Waals surface area contributed by atoms with Gasteiger partial charge in [0.15, 0.2) is 12.4 Å². The molecular weight excluding hydrogens is 933 g/mol. The first-order chi connectivity index (χ1) is 35.0. The van der Waals surface area contributed by atoms with Gasteiger partial charge in [-0.05, 0) is 51.4 Å². The van der Waals surface area contributed by atoms with Gasteiger partial charge in [0.2, 0.25) is 0 Å². The molecular formula is C59H106O12S. The van der Waals surface area contributed by atoms with E-state index in [0.717, 1.165) is 77.0 Å². The molecule has 1 saturated heterocycles. The van der Waals surface area contributed by atoms with Crippen LogP contribution < -0.4 is 0 Å². The molecule has 72 heavy (non-hydrogen) atoms. The number of unbranched alkanes of at least 4 members (excludes halogenated alkanes) is 30. The third kappa shape index (κ3) is 41.9. The van der Waals surface area contributed by atoms with E-state index in [4.69, 9.17) is 18.9 Å². The lowest BCUT2D eigenvalue weighted by atomic mass is 10.00. The summed E-state index contributed by atoms with van der Waals surface area (Å²) >= 11 is 0. The van der Waals surface area contributed by atoms with Crippen LogP contribution in [-0.4, -0.2) is 96.0 Å². The fraction of sp³-hybridized carbons (Fsp3) is 0.831. The fourth-order valence-corrected chi connectivity index (χ4v) is 9.66. The maximum absolute atomic E-state index is 12.9. The summed E-state index contributed by atoms with van der Waals surface area (Å²) in [7, 11) is -4.61. The molecule has 1 heterocycles. The minimum atomic E-state index is -4.61.